The second-order valence-electron chi connectivity index (χ2n) is 4.77. The van der Waals surface area contributed by atoms with Crippen LogP contribution in [0.1, 0.15) is 10.4 Å². The van der Waals surface area contributed by atoms with Crippen LogP contribution in [-0.2, 0) is 9.59 Å². The molecule has 1 fully saturated rings. The minimum absolute atomic E-state index is 0.00448. The number of piperazine rings is 1. The summed E-state index contributed by atoms with van der Waals surface area (Å²) in [6.07, 6.45) is 0. The van der Waals surface area contributed by atoms with Crippen molar-refractivity contribution >= 4 is 29.2 Å². The average molecular weight is 311 g/mol. The van der Waals surface area contributed by atoms with Gasteiger partial charge in [0.1, 0.15) is 12.3 Å². The zero-order valence-electron chi connectivity index (χ0n) is 11.8. The van der Waals surface area contributed by atoms with E-state index in [1.165, 1.54) is 23.0 Å². The second kappa shape index (κ2) is 6.13. The number of methoxy groups -OCH3 is 1. The summed E-state index contributed by atoms with van der Waals surface area (Å²) in [6, 6.07) is 4.66. The molecule has 1 aromatic rings. The van der Waals surface area contributed by atoms with Crippen molar-refractivity contribution in [1.82, 2.24) is 9.80 Å². The molecule has 1 aromatic carbocycles. The lowest BCUT2D eigenvalue weighted by Crippen LogP contribution is -2.53. The Morgan fingerprint density at radius 3 is 2.62 bits per heavy atom. The highest BCUT2D eigenvalue weighted by molar-refractivity contribution is 6.32. The maximum Gasteiger partial charge on any atom is 0.243 e. The van der Waals surface area contributed by atoms with E-state index in [4.69, 9.17) is 16.3 Å². The van der Waals surface area contributed by atoms with Gasteiger partial charge in [0.25, 0.3) is 0 Å². The van der Waals surface area contributed by atoms with Crippen molar-refractivity contribution in [2.45, 2.75) is 0 Å². The molecule has 21 heavy (non-hydrogen) atoms. The molecule has 1 aliphatic heterocycles. The van der Waals surface area contributed by atoms with Gasteiger partial charge in [0.2, 0.25) is 11.8 Å². The van der Waals surface area contributed by atoms with Gasteiger partial charge in [-0.05, 0) is 18.2 Å². The number of carbonyl (C=O) groups is 3. The van der Waals surface area contributed by atoms with Crippen LogP contribution in [0.15, 0.2) is 18.2 Å². The minimum Gasteiger partial charge on any atom is -0.495 e. The molecule has 0 N–H and O–H groups in total. The summed E-state index contributed by atoms with van der Waals surface area (Å²) in [7, 11) is 3.04. The van der Waals surface area contributed by atoms with Crippen molar-refractivity contribution in [2.75, 3.05) is 33.8 Å². The first-order chi connectivity index (χ1) is 9.92. The van der Waals surface area contributed by atoms with Gasteiger partial charge in [0.15, 0.2) is 5.78 Å². The van der Waals surface area contributed by atoms with Crippen LogP contribution >= 0.6 is 11.6 Å². The van der Waals surface area contributed by atoms with E-state index in [9.17, 15) is 14.4 Å². The van der Waals surface area contributed by atoms with Crippen LogP contribution in [0.25, 0.3) is 0 Å². The van der Waals surface area contributed by atoms with Crippen LogP contribution in [0.2, 0.25) is 5.02 Å². The van der Waals surface area contributed by atoms with Gasteiger partial charge in [0, 0.05) is 12.6 Å². The molecule has 1 heterocycles. The summed E-state index contributed by atoms with van der Waals surface area (Å²) in [4.78, 5) is 38.2. The number of ether oxygens (including phenoxy) is 1. The smallest absolute Gasteiger partial charge is 0.243 e. The van der Waals surface area contributed by atoms with Crippen molar-refractivity contribution in [3.8, 4) is 5.75 Å². The zero-order valence-corrected chi connectivity index (χ0v) is 12.5. The summed E-state index contributed by atoms with van der Waals surface area (Å²) >= 11 is 5.97. The average Bonchev–Trinajstić information content (AvgIpc) is 2.44. The molecule has 0 spiro atoms. The minimum atomic E-state index is -0.273. The lowest BCUT2D eigenvalue weighted by molar-refractivity contribution is -0.148. The van der Waals surface area contributed by atoms with Gasteiger partial charge in [0.05, 0.1) is 25.2 Å². The number of ketones is 1. The van der Waals surface area contributed by atoms with E-state index < -0.39 is 0 Å². The molecule has 0 radical (unpaired) electrons. The second-order valence-corrected chi connectivity index (χ2v) is 5.18. The normalized spacial score (nSPS) is 15.4. The third-order valence-corrected chi connectivity index (χ3v) is 3.58. The number of halogens is 1. The predicted molar refractivity (Wildman–Crippen MR) is 76.6 cm³/mol. The number of benzene rings is 1. The highest BCUT2D eigenvalue weighted by atomic mass is 35.5. The van der Waals surface area contributed by atoms with E-state index in [1.54, 1.807) is 19.2 Å². The monoisotopic (exact) mass is 310 g/mol. The van der Waals surface area contributed by atoms with E-state index in [0.717, 1.165) is 0 Å². The fourth-order valence-corrected chi connectivity index (χ4v) is 2.27. The molecular formula is C14H15ClN2O4. The van der Waals surface area contributed by atoms with Gasteiger partial charge < -0.3 is 14.5 Å². The van der Waals surface area contributed by atoms with Crippen LogP contribution in [0.3, 0.4) is 0 Å². The molecule has 1 aliphatic rings. The van der Waals surface area contributed by atoms with Crippen LogP contribution in [0.5, 0.6) is 5.75 Å². The fraction of sp³-hybridized carbons (Fsp3) is 0.357. The molecule has 0 unspecified atom stereocenters. The van der Waals surface area contributed by atoms with Gasteiger partial charge in [-0.25, -0.2) is 0 Å². The topological polar surface area (TPSA) is 66.9 Å². The number of likely N-dealkylation sites (N-methyl/N-ethyl adjacent to an activating group) is 1. The van der Waals surface area contributed by atoms with Gasteiger partial charge in [-0.1, -0.05) is 11.6 Å². The van der Waals surface area contributed by atoms with Crippen LogP contribution in [-0.4, -0.2) is 61.2 Å². The Morgan fingerprint density at radius 1 is 1.29 bits per heavy atom. The third-order valence-electron chi connectivity index (χ3n) is 3.29. The van der Waals surface area contributed by atoms with Crippen molar-refractivity contribution in [1.29, 1.82) is 0 Å². The first kappa shape index (κ1) is 15.3. The van der Waals surface area contributed by atoms with E-state index in [2.05, 4.69) is 0 Å². The van der Waals surface area contributed by atoms with E-state index in [0.29, 0.717) is 16.3 Å². The number of Topliss-reactive ketones (excluding diaryl/α,β-unsaturated/α-hetero) is 1. The molecule has 0 aliphatic carbocycles. The Morgan fingerprint density at radius 2 is 2.00 bits per heavy atom. The number of hydrogen-bond donors (Lipinski definition) is 0. The molecular weight excluding hydrogens is 296 g/mol. The van der Waals surface area contributed by atoms with Gasteiger partial charge in [-0.15, -0.1) is 0 Å². The fourth-order valence-electron chi connectivity index (χ4n) is 2.01. The molecule has 0 atom stereocenters. The quantitative estimate of drug-likeness (QED) is 0.773. The summed E-state index contributed by atoms with van der Waals surface area (Å²) in [5.74, 6) is -0.232. The summed E-state index contributed by atoms with van der Waals surface area (Å²) in [6.45, 7) is -0.221. The summed E-state index contributed by atoms with van der Waals surface area (Å²) < 4.78 is 5.01. The van der Waals surface area contributed by atoms with Gasteiger partial charge >= 0.3 is 0 Å². The SMILES string of the molecule is COc1ccc(C(=O)CN2CC(=O)N(C)CC2=O)cc1Cl. The molecule has 0 saturated carbocycles. The Labute approximate surface area is 127 Å². The van der Waals surface area contributed by atoms with Crippen molar-refractivity contribution in [2.24, 2.45) is 0 Å². The van der Waals surface area contributed by atoms with Gasteiger partial charge in [-0.3, -0.25) is 14.4 Å². The number of amides is 2. The number of hydrogen-bond acceptors (Lipinski definition) is 4. The Hall–Kier alpha value is -2.08. The molecule has 0 bridgehead atoms. The Bertz CT molecular complexity index is 603. The molecule has 2 rings (SSSR count). The van der Waals surface area contributed by atoms with Crippen molar-refractivity contribution < 1.29 is 19.1 Å². The molecule has 7 heteroatoms. The van der Waals surface area contributed by atoms with E-state index in [1.807, 2.05) is 0 Å². The maximum atomic E-state index is 12.2. The van der Waals surface area contributed by atoms with Crippen LogP contribution < -0.4 is 4.74 Å². The highest BCUT2D eigenvalue weighted by Crippen LogP contribution is 2.25. The van der Waals surface area contributed by atoms with Gasteiger partial charge in [-0.2, -0.15) is 0 Å². The van der Waals surface area contributed by atoms with Crippen LogP contribution in [0.4, 0.5) is 0 Å². The third kappa shape index (κ3) is 3.33. The molecule has 1 saturated heterocycles. The van der Waals surface area contributed by atoms with Crippen LogP contribution in [0, 0.1) is 0 Å². The molecule has 0 aromatic heterocycles. The summed E-state index contributed by atoms with van der Waals surface area (Å²) in [5.41, 5.74) is 0.375. The number of nitrogens with zero attached hydrogens (tertiary/aromatic N) is 2. The lowest BCUT2D eigenvalue weighted by Gasteiger charge is -2.31. The number of rotatable bonds is 4. The molecule has 2 amide bonds. The lowest BCUT2D eigenvalue weighted by atomic mass is 10.1. The molecule has 6 nitrogen and oxygen atoms in total. The first-order valence-electron chi connectivity index (χ1n) is 6.31. The van der Waals surface area contributed by atoms with Crippen molar-refractivity contribution in [3.05, 3.63) is 28.8 Å². The van der Waals surface area contributed by atoms with E-state index in [-0.39, 0.29) is 37.2 Å². The maximum absolute atomic E-state index is 12.2. The molecule has 112 valence electrons. The summed E-state index contributed by atoms with van der Waals surface area (Å²) in [5, 5.41) is 0.323. The Balaban J connectivity index is 2.09. The highest BCUT2D eigenvalue weighted by Gasteiger charge is 2.29. The van der Waals surface area contributed by atoms with Crippen molar-refractivity contribution in [3.63, 3.8) is 0 Å². The Kier molecular flexibility index (Phi) is 4.47. The number of carbonyl (C=O) groups excluding carboxylic acids is 3. The zero-order chi connectivity index (χ0) is 15.6. The first-order valence-corrected chi connectivity index (χ1v) is 6.68. The largest absolute Gasteiger partial charge is 0.495 e. The van der Waals surface area contributed by atoms with E-state index >= 15 is 0 Å². The standard InChI is InChI=1S/C14H15ClN2O4/c1-16-7-14(20)17(8-13(16)19)6-11(18)9-3-4-12(21-2)10(15)5-9/h3-5H,6-8H2,1-2H3. The predicted octanol–water partition coefficient (Wildman–Crippen LogP) is 0.832.